The second kappa shape index (κ2) is 5.72. The van der Waals surface area contributed by atoms with Gasteiger partial charge in [0, 0.05) is 0 Å². The quantitative estimate of drug-likeness (QED) is 0.697. The Morgan fingerprint density at radius 1 is 1.35 bits per heavy atom. The first-order chi connectivity index (χ1) is 8.24. The third-order valence-corrected chi connectivity index (χ3v) is 2.75. The average Bonchev–Trinajstić information content (AvgIpc) is 2.87. The van der Waals surface area contributed by atoms with Crippen molar-refractivity contribution in [3.63, 3.8) is 0 Å². The summed E-state index contributed by atoms with van der Waals surface area (Å²) in [5.74, 6) is 0.317. The van der Waals surface area contributed by atoms with Crippen LogP contribution in [0.25, 0.3) is 0 Å². The third-order valence-electron chi connectivity index (χ3n) is 2.75. The van der Waals surface area contributed by atoms with Gasteiger partial charge in [0.1, 0.15) is 5.76 Å². The molecule has 1 aromatic rings. The van der Waals surface area contributed by atoms with E-state index in [1.807, 2.05) is 0 Å². The summed E-state index contributed by atoms with van der Waals surface area (Å²) in [6.45, 7) is 7.27. The van der Waals surface area contributed by atoms with Crippen LogP contribution in [0.1, 0.15) is 24.5 Å². The van der Waals surface area contributed by atoms with Gasteiger partial charge in [0.05, 0.1) is 24.3 Å². The Labute approximate surface area is 101 Å². The predicted molar refractivity (Wildman–Crippen MR) is 64.7 cm³/mol. The van der Waals surface area contributed by atoms with Crippen LogP contribution in [-0.2, 0) is 0 Å². The van der Waals surface area contributed by atoms with E-state index in [2.05, 4.69) is 25.3 Å². The molecular weight excluding hydrogens is 212 g/mol. The summed E-state index contributed by atoms with van der Waals surface area (Å²) in [6.07, 6.45) is 5.64. The largest absolute Gasteiger partial charge is 0.469 e. The van der Waals surface area contributed by atoms with Crippen LogP contribution >= 0.6 is 0 Å². The highest BCUT2D eigenvalue weighted by Gasteiger charge is 2.40. The summed E-state index contributed by atoms with van der Waals surface area (Å²) in [5, 5.41) is 18.6. The molecule has 0 spiro atoms. The summed E-state index contributed by atoms with van der Waals surface area (Å²) < 4.78 is 5.32. The van der Waals surface area contributed by atoms with Crippen molar-refractivity contribution < 1.29 is 4.42 Å². The van der Waals surface area contributed by atoms with Crippen molar-refractivity contribution in [3.05, 3.63) is 49.5 Å². The van der Waals surface area contributed by atoms with E-state index in [1.54, 1.807) is 30.5 Å². The Kier molecular flexibility index (Phi) is 4.31. The maximum atomic E-state index is 9.31. The maximum absolute atomic E-state index is 9.31. The van der Waals surface area contributed by atoms with Crippen molar-refractivity contribution in [3.8, 4) is 12.1 Å². The van der Waals surface area contributed by atoms with Crippen LogP contribution in [0.15, 0.2) is 48.1 Å². The van der Waals surface area contributed by atoms with Crippen molar-refractivity contribution >= 4 is 0 Å². The van der Waals surface area contributed by atoms with Gasteiger partial charge in [-0.3, -0.25) is 0 Å². The van der Waals surface area contributed by atoms with E-state index >= 15 is 0 Å². The molecule has 0 N–H and O–H groups in total. The molecule has 0 saturated heterocycles. The number of allylic oxidation sites excluding steroid dienone is 2. The summed E-state index contributed by atoms with van der Waals surface area (Å²) in [6, 6.07) is 7.73. The lowest BCUT2D eigenvalue weighted by molar-refractivity contribution is 0.348. The SMILES string of the molecule is C=CCC(c1ccco1)C(C#N)(C#N)CC=C. The monoisotopic (exact) mass is 226 g/mol. The fourth-order valence-electron chi connectivity index (χ4n) is 1.86. The van der Waals surface area contributed by atoms with E-state index in [0.717, 1.165) is 0 Å². The molecule has 1 unspecified atom stereocenters. The number of hydrogen-bond donors (Lipinski definition) is 0. The smallest absolute Gasteiger partial charge is 0.157 e. The van der Waals surface area contributed by atoms with Crippen molar-refractivity contribution in [1.82, 2.24) is 0 Å². The zero-order valence-corrected chi connectivity index (χ0v) is 9.60. The Morgan fingerprint density at radius 3 is 2.47 bits per heavy atom. The fraction of sp³-hybridized carbons (Fsp3) is 0.286. The van der Waals surface area contributed by atoms with Crippen LogP contribution in [0.4, 0.5) is 0 Å². The molecular formula is C14H14N2O. The number of nitriles is 2. The molecule has 86 valence electrons. The molecule has 0 saturated carbocycles. The van der Waals surface area contributed by atoms with E-state index in [0.29, 0.717) is 18.6 Å². The van der Waals surface area contributed by atoms with Crippen LogP contribution in [0.2, 0.25) is 0 Å². The Morgan fingerprint density at radius 2 is 2.06 bits per heavy atom. The molecule has 1 heterocycles. The summed E-state index contributed by atoms with van der Waals surface area (Å²) >= 11 is 0. The van der Waals surface area contributed by atoms with Gasteiger partial charge in [0.25, 0.3) is 0 Å². The summed E-state index contributed by atoms with van der Waals surface area (Å²) in [4.78, 5) is 0. The van der Waals surface area contributed by atoms with Gasteiger partial charge in [-0.1, -0.05) is 12.2 Å². The lowest BCUT2D eigenvalue weighted by Crippen LogP contribution is -2.25. The first-order valence-electron chi connectivity index (χ1n) is 5.31. The van der Waals surface area contributed by atoms with E-state index in [1.165, 1.54) is 0 Å². The topological polar surface area (TPSA) is 60.7 Å². The van der Waals surface area contributed by atoms with Crippen LogP contribution in [-0.4, -0.2) is 0 Å². The van der Waals surface area contributed by atoms with Crippen LogP contribution in [0, 0.1) is 28.1 Å². The molecule has 0 fully saturated rings. The van der Waals surface area contributed by atoms with E-state index in [4.69, 9.17) is 4.42 Å². The Balaban J connectivity index is 3.20. The molecule has 0 aliphatic carbocycles. The first-order valence-corrected chi connectivity index (χ1v) is 5.31. The van der Waals surface area contributed by atoms with Gasteiger partial charge in [0.15, 0.2) is 5.41 Å². The molecule has 0 bridgehead atoms. The molecule has 0 aliphatic rings. The Bertz CT molecular complexity index is 445. The van der Waals surface area contributed by atoms with Crippen LogP contribution < -0.4 is 0 Å². The van der Waals surface area contributed by atoms with Crippen molar-refractivity contribution in [1.29, 1.82) is 10.5 Å². The standard InChI is InChI=1S/C14H14N2O/c1-3-6-12(13-7-5-9-17-13)14(10-15,11-16)8-4-2/h3-5,7,9,12H,1-2,6,8H2. The highest BCUT2D eigenvalue weighted by atomic mass is 16.3. The number of nitrogens with zero attached hydrogens (tertiary/aromatic N) is 2. The van der Waals surface area contributed by atoms with Gasteiger partial charge in [0.2, 0.25) is 0 Å². The van der Waals surface area contributed by atoms with Gasteiger partial charge in [-0.2, -0.15) is 10.5 Å². The average molecular weight is 226 g/mol. The second-order valence-electron chi connectivity index (χ2n) is 3.78. The van der Waals surface area contributed by atoms with Crippen LogP contribution in [0.5, 0.6) is 0 Å². The van der Waals surface area contributed by atoms with Gasteiger partial charge in [-0.25, -0.2) is 0 Å². The van der Waals surface area contributed by atoms with E-state index in [-0.39, 0.29) is 5.92 Å². The molecule has 3 heteroatoms. The first kappa shape index (κ1) is 12.8. The molecule has 1 rings (SSSR count). The number of rotatable bonds is 6. The van der Waals surface area contributed by atoms with Gasteiger partial charge >= 0.3 is 0 Å². The van der Waals surface area contributed by atoms with E-state index < -0.39 is 5.41 Å². The van der Waals surface area contributed by atoms with Crippen LogP contribution in [0.3, 0.4) is 0 Å². The lowest BCUT2D eigenvalue weighted by Gasteiger charge is -2.25. The predicted octanol–water partition coefficient (Wildman–Crippen LogP) is 3.55. The Hall–Kier alpha value is -2.26. The molecule has 17 heavy (non-hydrogen) atoms. The second-order valence-corrected chi connectivity index (χ2v) is 3.78. The van der Waals surface area contributed by atoms with Crippen molar-refractivity contribution in [2.45, 2.75) is 18.8 Å². The molecule has 1 aromatic heterocycles. The summed E-state index contributed by atoms with van der Waals surface area (Å²) in [7, 11) is 0. The van der Waals surface area contributed by atoms with E-state index in [9.17, 15) is 10.5 Å². The van der Waals surface area contributed by atoms with Gasteiger partial charge in [-0.15, -0.1) is 13.2 Å². The number of furan rings is 1. The molecule has 0 radical (unpaired) electrons. The fourth-order valence-corrected chi connectivity index (χ4v) is 1.86. The highest BCUT2D eigenvalue weighted by Crippen LogP contribution is 2.41. The zero-order valence-electron chi connectivity index (χ0n) is 9.60. The van der Waals surface area contributed by atoms with Gasteiger partial charge in [-0.05, 0) is 25.0 Å². The molecule has 0 amide bonds. The molecule has 1 atom stereocenters. The van der Waals surface area contributed by atoms with Crippen molar-refractivity contribution in [2.75, 3.05) is 0 Å². The highest BCUT2D eigenvalue weighted by molar-refractivity contribution is 5.27. The lowest BCUT2D eigenvalue weighted by atomic mass is 9.72. The maximum Gasteiger partial charge on any atom is 0.157 e. The van der Waals surface area contributed by atoms with Crippen molar-refractivity contribution in [2.24, 2.45) is 5.41 Å². The molecule has 3 nitrogen and oxygen atoms in total. The zero-order chi connectivity index (χ0) is 12.7. The summed E-state index contributed by atoms with van der Waals surface area (Å²) in [5.41, 5.74) is -1.15. The molecule has 0 aromatic carbocycles. The third kappa shape index (κ3) is 2.46. The minimum Gasteiger partial charge on any atom is -0.469 e. The molecule has 0 aliphatic heterocycles. The minimum atomic E-state index is -1.15. The number of hydrogen-bond acceptors (Lipinski definition) is 3. The minimum absolute atomic E-state index is 0.305. The van der Waals surface area contributed by atoms with Gasteiger partial charge < -0.3 is 4.42 Å². The normalized spacial score (nSPS) is 12.1.